The van der Waals surface area contributed by atoms with Crippen molar-refractivity contribution >= 4 is 17.5 Å². The molecule has 3 heterocycles. The molecule has 0 bridgehead atoms. The maximum atomic E-state index is 13.3. The molecule has 0 saturated carbocycles. The van der Waals surface area contributed by atoms with E-state index in [-0.39, 0.29) is 17.4 Å². The first kappa shape index (κ1) is 26.9. The Balaban J connectivity index is 1.18. The van der Waals surface area contributed by atoms with Gasteiger partial charge in [-0.25, -0.2) is 4.98 Å². The van der Waals surface area contributed by atoms with E-state index in [0.717, 1.165) is 43.9 Å². The highest BCUT2D eigenvalue weighted by Gasteiger charge is 2.28. The van der Waals surface area contributed by atoms with Gasteiger partial charge in [0.1, 0.15) is 0 Å². The van der Waals surface area contributed by atoms with Crippen molar-refractivity contribution in [2.75, 3.05) is 62.2 Å². The Morgan fingerprint density at radius 3 is 2.28 bits per heavy atom. The number of carbonyl (C=O) groups excluding carboxylic acids is 1. The van der Waals surface area contributed by atoms with Crippen LogP contribution in [0.5, 0.6) is 0 Å². The van der Waals surface area contributed by atoms with Crippen molar-refractivity contribution in [3.8, 4) is 0 Å². The molecule has 1 aromatic heterocycles. The highest BCUT2D eigenvalue weighted by atomic mass is 16.2. The highest BCUT2D eigenvalue weighted by molar-refractivity contribution is 5.84. The Bertz CT molecular complexity index is 1320. The van der Waals surface area contributed by atoms with E-state index in [4.69, 9.17) is 4.98 Å². The molecule has 1 atom stereocenters. The standard InChI is InChI=1S/C31H40N6O2/c1-4-27(25-8-6-5-7-9-25)30(39)36-16-18-37(19-17-36)31-32-26(21-29(38)33-31)22-34-12-14-35(15-13-34)28-20-23(2)10-11-24(28)3/h5-11,20-21,27H,4,12-19,22H2,1-3H3,(H,32,33,38)/t27-/m0/s1. The molecule has 2 saturated heterocycles. The van der Waals surface area contributed by atoms with Crippen LogP contribution in [0.2, 0.25) is 0 Å². The van der Waals surface area contributed by atoms with E-state index in [1.54, 1.807) is 6.07 Å². The quantitative estimate of drug-likeness (QED) is 0.506. The maximum absolute atomic E-state index is 13.3. The molecule has 0 radical (unpaired) electrons. The van der Waals surface area contributed by atoms with Gasteiger partial charge in [0.2, 0.25) is 11.9 Å². The SMILES string of the molecule is CC[C@H](C(=O)N1CCN(c2nc(CN3CCN(c4cc(C)ccc4C)CC3)cc(=O)[nH]2)CC1)c1ccccc1. The lowest BCUT2D eigenvalue weighted by atomic mass is 9.95. The summed E-state index contributed by atoms with van der Waals surface area (Å²) in [6.07, 6.45) is 0.777. The van der Waals surface area contributed by atoms with Gasteiger partial charge < -0.3 is 14.7 Å². The molecule has 5 rings (SSSR count). The van der Waals surface area contributed by atoms with Crippen LogP contribution in [0.15, 0.2) is 59.4 Å². The summed E-state index contributed by atoms with van der Waals surface area (Å²) < 4.78 is 0. The maximum Gasteiger partial charge on any atom is 0.252 e. The van der Waals surface area contributed by atoms with Gasteiger partial charge in [-0.2, -0.15) is 0 Å². The Kier molecular flexibility index (Phi) is 8.31. The Morgan fingerprint density at radius 1 is 0.897 bits per heavy atom. The number of aromatic amines is 1. The number of amides is 1. The molecular formula is C31H40N6O2. The summed E-state index contributed by atoms with van der Waals surface area (Å²) in [5.74, 6) is 0.668. The van der Waals surface area contributed by atoms with E-state index in [1.165, 1.54) is 16.8 Å². The Labute approximate surface area is 231 Å². The average molecular weight is 529 g/mol. The van der Waals surface area contributed by atoms with Gasteiger partial charge in [0.25, 0.3) is 5.56 Å². The van der Waals surface area contributed by atoms with Crippen LogP contribution in [0, 0.1) is 13.8 Å². The van der Waals surface area contributed by atoms with E-state index in [1.807, 2.05) is 35.2 Å². The van der Waals surface area contributed by atoms with Gasteiger partial charge >= 0.3 is 0 Å². The van der Waals surface area contributed by atoms with Crippen molar-refractivity contribution in [3.63, 3.8) is 0 Å². The summed E-state index contributed by atoms with van der Waals surface area (Å²) in [7, 11) is 0. The molecule has 2 aromatic carbocycles. The number of rotatable bonds is 7. The van der Waals surface area contributed by atoms with E-state index in [9.17, 15) is 9.59 Å². The molecule has 0 aliphatic carbocycles. The molecule has 8 heteroatoms. The first-order chi connectivity index (χ1) is 18.9. The number of hydrogen-bond donors (Lipinski definition) is 1. The molecule has 1 N–H and O–H groups in total. The van der Waals surface area contributed by atoms with Gasteiger partial charge in [-0.15, -0.1) is 0 Å². The lowest BCUT2D eigenvalue weighted by Crippen LogP contribution is -2.50. The van der Waals surface area contributed by atoms with Crippen LogP contribution in [0.1, 0.15) is 41.6 Å². The number of anilines is 2. The van der Waals surface area contributed by atoms with E-state index >= 15 is 0 Å². The third-order valence-electron chi connectivity index (χ3n) is 8.04. The molecule has 8 nitrogen and oxygen atoms in total. The Hall–Kier alpha value is -3.65. The van der Waals surface area contributed by atoms with Crippen molar-refractivity contribution in [1.82, 2.24) is 19.8 Å². The third-order valence-corrected chi connectivity index (χ3v) is 8.04. The largest absolute Gasteiger partial charge is 0.369 e. The molecule has 0 unspecified atom stereocenters. The lowest BCUT2D eigenvalue weighted by molar-refractivity contribution is -0.133. The highest BCUT2D eigenvalue weighted by Crippen LogP contribution is 2.25. The topological polar surface area (TPSA) is 75.8 Å². The minimum Gasteiger partial charge on any atom is -0.369 e. The first-order valence-electron chi connectivity index (χ1n) is 14.1. The fourth-order valence-corrected chi connectivity index (χ4v) is 5.76. The van der Waals surface area contributed by atoms with Gasteiger partial charge in [0, 0.05) is 70.7 Å². The number of benzene rings is 2. The number of nitrogens with one attached hydrogen (secondary N) is 1. The van der Waals surface area contributed by atoms with Crippen molar-refractivity contribution in [2.24, 2.45) is 0 Å². The molecule has 206 valence electrons. The van der Waals surface area contributed by atoms with Crippen LogP contribution in [0.3, 0.4) is 0 Å². The molecule has 2 aliphatic rings. The zero-order valence-corrected chi connectivity index (χ0v) is 23.4. The van der Waals surface area contributed by atoms with Crippen molar-refractivity contribution in [1.29, 1.82) is 0 Å². The zero-order chi connectivity index (χ0) is 27.4. The minimum atomic E-state index is -0.127. The number of aryl methyl sites for hydroxylation is 2. The van der Waals surface area contributed by atoms with E-state index in [2.05, 4.69) is 58.7 Å². The molecule has 39 heavy (non-hydrogen) atoms. The monoisotopic (exact) mass is 528 g/mol. The number of carbonyl (C=O) groups is 1. The smallest absolute Gasteiger partial charge is 0.252 e. The first-order valence-corrected chi connectivity index (χ1v) is 14.1. The normalized spacial score (nSPS) is 17.4. The molecule has 2 fully saturated rings. The van der Waals surface area contributed by atoms with Crippen LogP contribution in [0.25, 0.3) is 0 Å². The minimum absolute atomic E-state index is 0.116. The number of aromatic nitrogens is 2. The summed E-state index contributed by atoms with van der Waals surface area (Å²) in [6, 6.07) is 18.3. The number of piperazine rings is 2. The van der Waals surface area contributed by atoms with Gasteiger partial charge in [0.05, 0.1) is 11.6 Å². The number of hydrogen-bond acceptors (Lipinski definition) is 6. The van der Waals surface area contributed by atoms with E-state index in [0.29, 0.717) is 38.7 Å². The zero-order valence-electron chi connectivity index (χ0n) is 23.4. The third kappa shape index (κ3) is 6.33. The second kappa shape index (κ2) is 12.0. The van der Waals surface area contributed by atoms with Gasteiger partial charge in [-0.05, 0) is 43.0 Å². The summed E-state index contributed by atoms with van der Waals surface area (Å²) in [5, 5.41) is 0. The van der Waals surface area contributed by atoms with Crippen molar-refractivity contribution in [3.05, 3.63) is 87.3 Å². The summed E-state index contributed by atoms with van der Waals surface area (Å²) in [5.41, 5.74) is 5.64. The molecule has 2 aliphatic heterocycles. The summed E-state index contributed by atoms with van der Waals surface area (Å²) >= 11 is 0. The molecule has 3 aromatic rings. The Morgan fingerprint density at radius 2 is 1.59 bits per heavy atom. The van der Waals surface area contributed by atoms with Crippen LogP contribution in [0.4, 0.5) is 11.6 Å². The molecule has 0 spiro atoms. The summed E-state index contributed by atoms with van der Waals surface area (Å²) in [4.78, 5) is 42.5. The summed E-state index contributed by atoms with van der Waals surface area (Å²) in [6.45, 7) is 13.3. The van der Waals surface area contributed by atoms with Gasteiger partial charge in [-0.1, -0.05) is 49.4 Å². The predicted octanol–water partition coefficient (Wildman–Crippen LogP) is 3.55. The number of H-pyrrole nitrogens is 1. The predicted molar refractivity (Wildman–Crippen MR) is 157 cm³/mol. The second-order valence-corrected chi connectivity index (χ2v) is 10.8. The fraction of sp³-hybridized carbons (Fsp3) is 0.452. The van der Waals surface area contributed by atoms with Crippen LogP contribution >= 0.6 is 0 Å². The molecular weight excluding hydrogens is 488 g/mol. The van der Waals surface area contributed by atoms with Crippen LogP contribution < -0.4 is 15.4 Å². The average Bonchev–Trinajstić information content (AvgIpc) is 2.95. The molecule has 1 amide bonds. The van der Waals surface area contributed by atoms with Crippen LogP contribution in [-0.2, 0) is 11.3 Å². The number of nitrogens with zero attached hydrogens (tertiary/aromatic N) is 5. The lowest BCUT2D eigenvalue weighted by Gasteiger charge is -2.37. The van der Waals surface area contributed by atoms with Crippen molar-refractivity contribution in [2.45, 2.75) is 39.7 Å². The van der Waals surface area contributed by atoms with Crippen LogP contribution in [-0.4, -0.2) is 78.0 Å². The fourth-order valence-electron chi connectivity index (χ4n) is 5.76. The van der Waals surface area contributed by atoms with Gasteiger partial charge in [0.15, 0.2) is 0 Å². The van der Waals surface area contributed by atoms with Gasteiger partial charge in [-0.3, -0.25) is 19.5 Å². The van der Waals surface area contributed by atoms with Crippen molar-refractivity contribution < 1.29 is 4.79 Å². The van der Waals surface area contributed by atoms with E-state index < -0.39 is 0 Å². The second-order valence-electron chi connectivity index (χ2n) is 10.8.